The zero-order valence-electron chi connectivity index (χ0n) is 15.3. The van der Waals surface area contributed by atoms with E-state index in [9.17, 15) is 24.5 Å². The number of ether oxygens (including phenoxy) is 1. The molecule has 0 aliphatic rings. The molecule has 1 N–H and O–H groups in total. The van der Waals surface area contributed by atoms with Crippen molar-refractivity contribution in [3.05, 3.63) is 70.3 Å². The number of rotatable bonds is 9. The molecule has 0 radical (unpaired) electrons. The molecule has 0 fully saturated rings. The van der Waals surface area contributed by atoms with Crippen LogP contribution in [-0.4, -0.2) is 28.7 Å². The molecule has 0 unspecified atom stereocenters. The van der Waals surface area contributed by atoms with Gasteiger partial charge in [0.2, 0.25) is 11.7 Å². The van der Waals surface area contributed by atoms with E-state index in [1.165, 1.54) is 31.2 Å². The molecule has 8 heteroatoms. The summed E-state index contributed by atoms with van der Waals surface area (Å²) in [6, 6.07) is 14.0. The Kier molecular flexibility index (Phi) is 7.38. The topological polar surface area (TPSA) is 116 Å². The molecule has 0 heterocycles. The van der Waals surface area contributed by atoms with Gasteiger partial charge >= 0.3 is 5.97 Å². The van der Waals surface area contributed by atoms with Gasteiger partial charge < -0.3 is 10.1 Å². The van der Waals surface area contributed by atoms with Crippen molar-refractivity contribution in [2.75, 3.05) is 5.32 Å². The predicted molar refractivity (Wildman–Crippen MR) is 102 cm³/mol. The third-order valence-corrected chi connectivity index (χ3v) is 3.88. The number of benzene rings is 2. The van der Waals surface area contributed by atoms with Gasteiger partial charge in [-0.2, -0.15) is 0 Å². The third-order valence-electron chi connectivity index (χ3n) is 3.88. The van der Waals surface area contributed by atoms with E-state index in [2.05, 4.69) is 5.32 Å². The van der Waals surface area contributed by atoms with Gasteiger partial charge in [0.05, 0.1) is 4.92 Å². The van der Waals surface area contributed by atoms with Crippen LogP contribution in [0.3, 0.4) is 0 Å². The maximum atomic E-state index is 12.1. The first-order chi connectivity index (χ1) is 13.4. The van der Waals surface area contributed by atoms with Crippen molar-refractivity contribution in [3.63, 3.8) is 0 Å². The lowest BCUT2D eigenvalue weighted by molar-refractivity contribution is -0.384. The highest BCUT2D eigenvalue weighted by Gasteiger charge is 2.19. The van der Waals surface area contributed by atoms with Gasteiger partial charge in [-0.05, 0) is 25.5 Å². The zero-order valence-corrected chi connectivity index (χ0v) is 15.3. The van der Waals surface area contributed by atoms with E-state index in [-0.39, 0.29) is 36.6 Å². The highest BCUT2D eigenvalue weighted by molar-refractivity contribution is 6.00. The van der Waals surface area contributed by atoms with E-state index >= 15 is 0 Å². The molecule has 0 spiro atoms. The number of hydrogen-bond donors (Lipinski definition) is 1. The summed E-state index contributed by atoms with van der Waals surface area (Å²) >= 11 is 0. The first-order valence-corrected chi connectivity index (χ1v) is 8.70. The molecule has 1 atom stereocenters. The number of nitro benzene ring substituents is 1. The molecular formula is C20H20N2O6. The average Bonchev–Trinajstić information content (AvgIpc) is 2.68. The summed E-state index contributed by atoms with van der Waals surface area (Å²) in [5.74, 6) is -1.17. The average molecular weight is 384 g/mol. The van der Waals surface area contributed by atoms with E-state index in [0.717, 1.165) is 0 Å². The molecule has 28 heavy (non-hydrogen) atoms. The van der Waals surface area contributed by atoms with E-state index in [1.807, 2.05) is 0 Å². The van der Waals surface area contributed by atoms with Gasteiger partial charge in [0.25, 0.3) is 5.69 Å². The summed E-state index contributed by atoms with van der Waals surface area (Å²) in [6.07, 6.45) is -0.569. The van der Waals surface area contributed by atoms with Crippen LogP contribution >= 0.6 is 0 Å². The Labute approximate surface area is 161 Å². The second kappa shape index (κ2) is 9.96. The Morgan fingerprint density at radius 1 is 1.04 bits per heavy atom. The van der Waals surface area contributed by atoms with Crippen LogP contribution in [0.4, 0.5) is 11.4 Å². The minimum atomic E-state index is -0.899. The molecule has 146 valence electrons. The van der Waals surface area contributed by atoms with E-state index < -0.39 is 17.0 Å². The van der Waals surface area contributed by atoms with Crippen LogP contribution in [0.25, 0.3) is 0 Å². The lowest BCUT2D eigenvalue weighted by Crippen LogP contribution is -2.24. The smallest absolute Gasteiger partial charge is 0.306 e. The van der Waals surface area contributed by atoms with Crippen LogP contribution < -0.4 is 5.32 Å². The summed E-state index contributed by atoms with van der Waals surface area (Å²) < 4.78 is 5.12. The van der Waals surface area contributed by atoms with Crippen LogP contribution in [0.15, 0.2) is 54.6 Å². The third kappa shape index (κ3) is 6.31. The van der Waals surface area contributed by atoms with Gasteiger partial charge in [-0.1, -0.05) is 30.3 Å². The monoisotopic (exact) mass is 384 g/mol. The highest BCUT2D eigenvalue weighted by Crippen LogP contribution is 2.16. The molecule has 8 nitrogen and oxygen atoms in total. The molecule has 1 amide bonds. The summed E-state index contributed by atoms with van der Waals surface area (Å²) in [6.45, 7) is 1.51. The fraction of sp³-hybridized carbons (Fsp3) is 0.250. The Morgan fingerprint density at radius 2 is 1.68 bits per heavy atom. The summed E-state index contributed by atoms with van der Waals surface area (Å²) in [7, 11) is 0. The lowest BCUT2D eigenvalue weighted by atomic mass is 10.1. The second-order valence-electron chi connectivity index (χ2n) is 6.07. The SMILES string of the molecule is C[C@H](OC(=O)CCCC(=O)Nc1ccc([N+](=O)[O-])cc1)C(=O)c1ccccc1. The van der Waals surface area contributed by atoms with Crippen LogP contribution in [0.2, 0.25) is 0 Å². The Hall–Kier alpha value is -3.55. The molecule has 0 saturated heterocycles. The largest absolute Gasteiger partial charge is 0.454 e. The van der Waals surface area contributed by atoms with Gasteiger partial charge in [-0.25, -0.2) is 0 Å². The van der Waals surface area contributed by atoms with Gasteiger partial charge in [-0.15, -0.1) is 0 Å². The number of ketones is 1. The molecule has 2 aromatic carbocycles. The van der Waals surface area contributed by atoms with Crippen LogP contribution in [-0.2, 0) is 14.3 Å². The van der Waals surface area contributed by atoms with Gasteiger partial charge in [0, 0.05) is 36.2 Å². The van der Waals surface area contributed by atoms with Gasteiger partial charge in [0.15, 0.2) is 6.10 Å². The molecule has 2 rings (SSSR count). The number of nitrogens with zero attached hydrogens (tertiary/aromatic N) is 1. The Balaban J connectivity index is 1.71. The quantitative estimate of drug-likeness (QED) is 0.306. The molecular weight excluding hydrogens is 364 g/mol. The first kappa shape index (κ1) is 20.8. The maximum Gasteiger partial charge on any atom is 0.306 e. The van der Waals surface area contributed by atoms with Crippen LogP contribution in [0, 0.1) is 10.1 Å². The summed E-state index contributed by atoms with van der Waals surface area (Å²) in [5.41, 5.74) is 0.824. The number of esters is 1. The number of nitrogens with one attached hydrogen (secondary N) is 1. The molecule has 0 aromatic heterocycles. The van der Waals surface area contributed by atoms with Gasteiger partial charge in [-0.3, -0.25) is 24.5 Å². The minimum Gasteiger partial charge on any atom is -0.454 e. The Morgan fingerprint density at radius 3 is 2.29 bits per heavy atom. The number of anilines is 1. The summed E-state index contributed by atoms with van der Waals surface area (Å²) in [4.78, 5) is 46.0. The normalized spacial score (nSPS) is 11.3. The van der Waals surface area contributed by atoms with Crippen molar-refractivity contribution < 1.29 is 24.0 Å². The molecule has 0 bridgehead atoms. The zero-order chi connectivity index (χ0) is 20.5. The number of carbonyl (C=O) groups excluding carboxylic acids is 3. The number of hydrogen-bond acceptors (Lipinski definition) is 6. The number of nitro groups is 1. The van der Waals surface area contributed by atoms with Crippen LogP contribution in [0.1, 0.15) is 36.5 Å². The molecule has 0 aliphatic carbocycles. The van der Waals surface area contributed by atoms with Crippen molar-refractivity contribution in [1.29, 1.82) is 0 Å². The molecule has 2 aromatic rings. The van der Waals surface area contributed by atoms with Gasteiger partial charge in [0.1, 0.15) is 0 Å². The highest BCUT2D eigenvalue weighted by atomic mass is 16.6. The minimum absolute atomic E-state index is 0.0000904. The van der Waals surface area contributed by atoms with Crippen molar-refractivity contribution >= 4 is 29.0 Å². The first-order valence-electron chi connectivity index (χ1n) is 8.70. The lowest BCUT2D eigenvalue weighted by Gasteiger charge is -2.12. The predicted octanol–water partition coefficient (Wildman–Crippen LogP) is 3.52. The Bertz CT molecular complexity index is 849. The fourth-order valence-electron chi connectivity index (χ4n) is 2.43. The van der Waals surface area contributed by atoms with Crippen LogP contribution in [0.5, 0.6) is 0 Å². The summed E-state index contributed by atoms with van der Waals surface area (Å²) in [5, 5.41) is 13.2. The van der Waals surface area contributed by atoms with E-state index in [4.69, 9.17) is 4.74 Å². The van der Waals surface area contributed by atoms with Crippen molar-refractivity contribution in [3.8, 4) is 0 Å². The number of non-ortho nitro benzene ring substituents is 1. The number of carbonyl (C=O) groups is 3. The van der Waals surface area contributed by atoms with E-state index in [1.54, 1.807) is 30.3 Å². The standard InChI is InChI=1S/C20H20N2O6/c1-14(20(25)15-6-3-2-4-7-15)28-19(24)9-5-8-18(23)21-16-10-12-17(13-11-16)22(26)27/h2-4,6-7,10-14H,5,8-9H2,1H3,(H,21,23)/t14-/m0/s1. The molecule has 0 saturated carbocycles. The van der Waals surface area contributed by atoms with Crippen molar-refractivity contribution in [2.24, 2.45) is 0 Å². The maximum absolute atomic E-state index is 12.1. The second-order valence-corrected chi connectivity index (χ2v) is 6.07. The molecule has 0 aliphatic heterocycles. The fourth-order valence-corrected chi connectivity index (χ4v) is 2.43. The van der Waals surface area contributed by atoms with Crippen molar-refractivity contribution in [1.82, 2.24) is 0 Å². The van der Waals surface area contributed by atoms with E-state index in [0.29, 0.717) is 11.3 Å². The number of amides is 1. The number of Topliss-reactive ketones (excluding diaryl/α,β-unsaturated/α-hetero) is 1. The van der Waals surface area contributed by atoms with Crippen molar-refractivity contribution in [2.45, 2.75) is 32.3 Å².